The number of aliphatic hydroxyl groups excluding tert-OH is 2. The molecule has 0 saturated carbocycles. The Morgan fingerprint density at radius 1 is 0.507 bits per heavy atom. The number of carbonyl (C=O) groups is 4. The first-order valence-corrected chi connectivity index (χ1v) is 26.3. The monoisotopic (exact) mass is 945 g/mol. The minimum atomic E-state index is -1.90. The standard InChI is InChI=1S/C55H92O12/c1-4-7-10-13-16-19-21-22-23-24-25-26-28-30-32-35-38-41-47(56)63-44-46(65-48(57)42-39-36-34-31-27-20-17-14-11-8-5-2)45-64-55-53(51(60)50(59)52(67-55)54(61)62)66-49(58)43-40-37-33-29-18-15-12-9-6-3/h7,10,16,19,22-23,25-26,30,32,46,50-53,55,59-60H,4-6,8-9,11-15,17-18,20-21,24,27-29,31,33-45H2,1-3H3,(H,61,62)/b10-7-,19-16-,23-22-,26-25-,32-30-. The van der Waals surface area contributed by atoms with Crippen LogP contribution in [0.25, 0.3) is 0 Å². The normalized spacial score (nSPS) is 19.3. The second kappa shape index (κ2) is 43.7. The van der Waals surface area contributed by atoms with Crippen molar-refractivity contribution in [1.29, 1.82) is 0 Å². The lowest BCUT2D eigenvalue weighted by Crippen LogP contribution is -2.61. The van der Waals surface area contributed by atoms with E-state index in [2.05, 4.69) is 75.5 Å². The van der Waals surface area contributed by atoms with Crippen LogP contribution in [0.1, 0.15) is 213 Å². The van der Waals surface area contributed by atoms with Crippen molar-refractivity contribution >= 4 is 23.9 Å². The van der Waals surface area contributed by atoms with Crippen LogP contribution < -0.4 is 0 Å². The molecule has 12 nitrogen and oxygen atoms in total. The number of aliphatic carboxylic acids is 1. The molecular weight excluding hydrogens is 853 g/mol. The van der Waals surface area contributed by atoms with E-state index in [9.17, 15) is 34.5 Å². The van der Waals surface area contributed by atoms with Crippen LogP contribution in [0.5, 0.6) is 0 Å². The van der Waals surface area contributed by atoms with E-state index < -0.39 is 67.3 Å². The summed E-state index contributed by atoms with van der Waals surface area (Å²) in [5.41, 5.74) is 0. The lowest BCUT2D eigenvalue weighted by atomic mass is 9.98. The Hall–Kier alpha value is -3.58. The first-order chi connectivity index (χ1) is 32.6. The SMILES string of the molecule is CC/C=C\C/C=C\C/C=C\C/C=C\C/C=C\CCCC(=O)OCC(COC1OC(C(=O)O)C(O)C(O)C1OC(=O)CCCCCCCCCCC)OC(=O)CCCCCCCCCCCCC. The molecule has 0 amide bonds. The van der Waals surface area contributed by atoms with Crippen molar-refractivity contribution < 1.29 is 58.2 Å². The van der Waals surface area contributed by atoms with E-state index in [1.165, 1.54) is 70.6 Å². The van der Waals surface area contributed by atoms with Crippen LogP contribution in [0, 0.1) is 0 Å². The third-order valence-electron chi connectivity index (χ3n) is 11.6. The molecule has 6 unspecified atom stereocenters. The summed E-state index contributed by atoms with van der Waals surface area (Å²) < 4.78 is 28.2. The Bertz CT molecular complexity index is 1400. The zero-order valence-electron chi connectivity index (χ0n) is 41.9. The predicted molar refractivity (Wildman–Crippen MR) is 266 cm³/mol. The highest BCUT2D eigenvalue weighted by Crippen LogP contribution is 2.26. The van der Waals surface area contributed by atoms with Crippen LogP contribution in [-0.4, -0.2) is 89.2 Å². The third-order valence-corrected chi connectivity index (χ3v) is 11.6. The molecule has 12 heteroatoms. The van der Waals surface area contributed by atoms with Crippen molar-refractivity contribution in [3.8, 4) is 0 Å². The lowest BCUT2D eigenvalue weighted by Gasteiger charge is -2.40. The highest BCUT2D eigenvalue weighted by Gasteiger charge is 2.50. The van der Waals surface area contributed by atoms with Gasteiger partial charge in [-0.1, -0.05) is 197 Å². The molecular formula is C55H92O12. The van der Waals surface area contributed by atoms with Gasteiger partial charge in [-0.25, -0.2) is 4.79 Å². The van der Waals surface area contributed by atoms with Gasteiger partial charge in [0.25, 0.3) is 0 Å². The Labute approximate surface area is 405 Å². The van der Waals surface area contributed by atoms with Gasteiger partial charge in [0.1, 0.15) is 18.8 Å². The maximum absolute atomic E-state index is 13.0. The minimum absolute atomic E-state index is 0.0561. The molecule has 384 valence electrons. The number of hydrogen-bond acceptors (Lipinski definition) is 11. The molecule has 0 bridgehead atoms. The molecule has 6 atom stereocenters. The zero-order valence-corrected chi connectivity index (χ0v) is 41.9. The van der Waals surface area contributed by atoms with Gasteiger partial charge < -0.3 is 39.0 Å². The number of carboxylic acid groups (broad SMARTS) is 1. The van der Waals surface area contributed by atoms with E-state index in [4.69, 9.17) is 23.7 Å². The Morgan fingerprint density at radius 2 is 0.940 bits per heavy atom. The van der Waals surface area contributed by atoms with Crippen LogP contribution in [0.2, 0.25) is 0 Å². The van der Waals surface area contributed by atoms with Gasteiger partial charge >= 0.3 is 23.9 Å². The Morgan fingerprint density at radius 3 is 1.42 bits per heavy atom. The van der Waals surface area contributed by atoms with Gasteiger partial charge in [0, 0.05) is 19.3 Å². The maximum atomic E-state index is 13.0. The fourth-order valence-corrected chi connectivity index (χ4v) is 7.58. The molecule has 0 aliphatic carbocycles. The number of allylic oxidation sites excluding steroid dienone is 10. The van der Waals surface area contributed by atoms with Crippen LogP contribution in [0.3, 0.4) is 0 Å². The largest absolute Gasteiger partial charge is 0.479 e. The number of rotatable bonds is 43. The summed E-state index contributed by atoms with van der Waals surface area (Å²) in [4.78, 5) is 50.7. The molecule has 0 aromatic carbocycles. The topological polar surface area (TPSA) is 175 Å². The van der Waals surface area contributed by atoms with Gasteiger partial charge in [-0.15, -0.1) is 0 Å². The first-order valence-electron chi connectivity index (χ1n) is 26.3. The molecule has 3 N–H and O–H groups in total. The smallest absolute Gasteiger partial charge is 0.335 e. The van der Waals surface area contributed by atoms with Crippen LogP contribution >= 0.6 is 0 Å². The average molecular weight is 945 g/mol. The summed E-state index contributed by atoms with van der Waals surface area (Å²) in [5.74, 6) is -3.20. The van der Waals surface area contributed by atoms with E-state index in [1.54, 1.807) is 0 Å². The van der Waals surface area contributed by atoms with Gasteiger partial charge in [-0.2, -0.15) is 0 Å². The number of aliphatic hydroxyl groups is 2. The van der Waals surface area contributed by atoms with Crippen LogP contribution in [0.4, 0.5) is 0 Å². The van der Waals surface area contributed by atoms with Crippen molar-refractivity contribution in [2.75, 3.05) is 13.2 Å². The van der Waals surface area contributed by atoms with Gasteiger partial charge in [0.15, 0.2) is 24.6 Å². The number of carbonyl (C=O) groups excluding carboxylic acids is 3. The summed E-state index contributed by atoms with van der Waals surface area (Å²) in [6, 6.07) is 0. The number of unbranched alkanes of at least 4 members (excludes halogenated alkanes) is 19. The summed E-state index contributed by atoms with van der Waals surface area (Å²) in [7, 11) is 0. The number of esters is 3. The zero-order chi connectivity index (χ0) is 49.0. The van der Waals surface area contributed by atoms with E-state index >= 15 is 0 Å². The molecule has 1 aliphatic heterocycles. The van der Waals surface area contributed by atoms with Crippen molar-refractivity contribution in [2.45, 2.75) is 250 Å². The highest BCUT2D eigenvalue weighted by molar-refractivity contribution is 5.74. The van der Waals surface area contributed by atoms with Crippen molar-refractivity contribution in [3.05, 3.63) is 60.8 Å². The van der Waals surface area contributed by atoms with Crippen molar-refractivity contribution in [2.24, 2.45) is 0 Å². The average Bonchev–Trinajstić information content (AvgIpc) is 3.31. The quantitative estimate of drug-likeness (QED) is 0.0229. The van der Waals surface area contributed by atoms with Gasteiger partial charge in [-0.05, 0) is 57.8 Å². The van der Waals surface area contributed by atoms with Crippen molar-refractivity contribution in [3.63, 3.8) is 0 Å². The highest BCUT2D eigenvalue weighted by atomic mass is 16.7. The predicted octanol–water partition coefficient (Wildman–Crippen LogP) is 12.4. The molecule has 0 spiro atoms. The maximum Gasteiger partial charge on any atom is 0.335 e. The third kappa shape index (κ3) is 34.4. The second-order valence-corrected chi connectivity index (χ2v) is 17.8. The van der Waals surface area contributed by atoms with Gasteiger partial charge in [0.2, 0.25) is 0 Å². The summed E-state index contributed by atoms with van der Waals surface area (Å²) in [5, 5.41) is 31.2. The molecule has 1 aliphatic rings. The molecule has 1 saturated heterocycles. The van der Waals surface area contributed by atoms with Gasteiger partial charge in [-0.3, -0.25) is 14.4 Å². The molecule has 1 rings (SSSR count). The molecule has 1 heterocycles. The lowest BCUT2D eigenvalue weighted by molar-refractivity contribution is -0.301. The summed E-state index contributed by atoms with van der Waals surface area (Å²) in [6.07, 6.45) is 39.5. The summed E-state index contributed by atoms with van der Waals surface area (Å²) in [6.45, 7) is 5.76. The molecule has 1 fully saturated rings. The number of hydrogen-bond donors (Lipinski definition) is 3. The van der Waals surface area contributed by atoms with E-state index in [1.807, 2.05) is 6.08 Å². The molecule has 67 heavy (non-hydrogen) atoms. The van der Waals surface area contributed by atoms with Crippen molar-refractivity contribution in [1.82, 2.24) is 0 Å². The Kier molecular flexibility index (Phi) is 40.1. The van der Waals surface area contributed by atoms with Crippen LogP contribution in [-0.2, 0) is 42.9 Å². The molecule has 0 aromatic rings. The van der Waals surface area contributed by atoms with E-state index in [0.29, 0.717) is 25.7 Å². The first kappa shape index (κ1) is 61.4. The fraction of sp³-hybridized carbons (Fsp3) is 0.745. The molecule has 0 aromatic heterocycles. The fourth-order valence-electron chi connectivity index (χ4n) is 7.58. The van der Waals surface area contributed by atoms with Gasteiger partial charge in [0.05, 0.1) is 6.61 Å². The van der Waals surface area contributed by atoms with Crippen LogP contribution in [0.15, 0.2) is 60.8 Å². The minimum Gasteiger partial charge on any atom is -0.479 e. The summed E-state index contributed by atoms with van der Waals surface area (Å²) >= 11 is 0. The number of ether oxygens (including phenoxy) is 5. The Balaban J connectivity index is 2.75. The molecule has 0 radical (unpaired) electrons. The van der Waals surface area contributed by atoms with E-state index in [-0.39, 0.29) is 25.9 Å². The number of carboxylic acids is 1. The van der Waals surface area contributed by atoms with E-state index in [0.717, 1.165) is 77.0 Å². The second-order valence-electron chi connectivity index (χ2n) is 17.8.